The van der Waals surface area contributed by atoms with Crippen LogP contribution in [0.3, 0.4) is 0 Å². The van der Waals surface area contributed by atoms with Gasteiger partial charge in [-0.15, -0.1) is 0 Å². The first-order chi connectivity index (χ1) is 5.44. The topological polar surface area (TPSA) is 40.1 Å². The Bertz CT molecular complexity index is 209. The van der Waals surface area contributed by atoms with Gasteiger partial charge >= 0.3 is 63.7 Å². The van der Waals surface area contributed by atoms with Crippen LogP contribution in [0.1, 0.15) is 0 Å². The van der Waals surface area contributed by atoms with Crippen molar-refractivity contribution in [2.24, 2.45) is 0 Å². The Kier molecular flexibility index (Phi) is 6.57. The number of carbonyl (C=O) groups is 1. The zero-order chi connectivity index (χ0) is 11.1. The molecule has 0 aromatic heterocycles. The molecule has 0 aliphatic carbocycles. The number of rotatable bonds is 1. The van der Waals surface area contributed by atoms with E-state index >= 15 is 0 Å². The molecule has 0 aliphatic rings. The van der Waals surface area contributed by atoms with E-state index in [1.807, 2.05) is 0 Å². The van der Waals surface area contributed by atoms with Crippen LogP contribution >= 0.6 is 22.6 Å². The van der Waals surface area contributed by atoms with Crippen molar-refractivity contribution in [2.75, 3.05) is 0 Å². The van der Waals surface area contributed by atoms with Gasteiger partial charge in [-0.05, 0) is 0 Å². The van der Waals surface area contributed by atoms with Gasteiger partial charge in [0.1, 0.15) is 0 Å². The summed E-state index contributed by atoms with van der Waals surface area (Å²) in [6.45, 7) is 0. The van der Waals surface area contributed by atoms with Gasteiger partial charge in [0.25, 0.3) is 3.42 Å². The standard InChI is InChI=1S/C4HF6IO2.K/c5-3(6,7)2(11,1(12)13)4(8,9)10;/h(H,12,13);/q;+1/p-1. The van der Waals surface area contributed by atoms with Crippen molar-refractivity contribution in [2.45, 2.75) is 15.8 Å². The van der Waals surface area contributed by atoms with Crippen molar-refractivity contribution in [3.05, 3.63) is 0 Å². The Hall–Kier alpha value is 1.42. The predicted molar refractivity (Wildman–Crippen MR) is 33.9 cm³/mol. The molecule has 10 heteroatoms. The molecule has 0 saturated carbocycles. The molecule has 78 valence electrons. The van der Waals surface area contributed by atoms with Crippen molar-refractivity contribution >= 4 is 28.6 Å². The van der Waals surface area contributed by atoms with Crippen LogP contribution in [0.4, 0.5) is 26.3 Å². The second-order valence-electron chi connectivity index (χ2n) is 1.94. The molecule has 0 aliphatic heterocycles. The molecule has 0 unspecified atom stereocenters. The molecule has 0 saturated heterocycles. The quantitative estimate of drug-likeness (QED) is 0.236. The Balaban J connectivity index is 0. The Morgan fingerprint density at radius 3 is 1.21 bits per heavy atom. The number of halogens is 7. The summed E-state index contributed by atoms with van der Waals surface area (Å²) in [4.78, 5) is 9.76. The molecular formula is C4F6IKO2. The maximum Gasteiger partial charge on any atom is 1.00 e. The molecule has 0 amide bonds. The summed E-state index contributed by atoms with van der Waals surface area (Å²) in [6.07, 6.45) is -11.9. The molecule has 0 heterocycles. The first-order valence-electron chi connectivity index (χ1n) is 2.48. The summed E-state index contributed by atoms with van der Waals surface area (Å²) in [5, 5.41) is 9.76. The normalized spacial score (nSPS) is 13.4. The molecule has 0 rings (SSSR count). The van der Waals surface area contributed by atoms with E-state index in [1.54, 1.807) is 0 Å². The van der Waals surface area contributed by atoms with E-state index < -0.39 is 21.7 Å². The van der Waals surface area contributed by atoms with Gasteiger partial charge in [0.15, 0.2) is 0 Å². The first kappa shape index (κ1) is 17.8. The van der Waals surface area contributed by atoms with Gasteiger partial charge in [0, 0.05) is 0 Å². The second-order valence-corrected chi connectivity index (χ2v) is 3.56. The molecule has 14 heavy (non-hydrogen) atoms. The van der Waals surface area contributed by atoms with Crippen molar-refractivity contribution in [3.63, 3.8) is 0 Å². The van der Waals surface area contributed by atoms with E-state index in [1.165, 1.54) is 0 Å². The van der Waals surface area contributed by atoms with Gasteiger partial charge in [-0.3, -0.25) is 0 Å². The zero-order valence-electron chi connectivity index (χ0n) is 6.46. The molecule has 0 N–H and O–H groups in total. The maximum absolute atomic E-state index is 11.7. The fraction of sp³-hybridized carbons (Fsp3) is 0.750. The first-order valence-corrected chi connectivity index (χ1v) is 3.56. The third-order valence-corrected chi connectivity index (χ3v) is 2.73. The molecule has 0 spiro atoms. The third-order valence-electron chi connectivity index (χ3n) is 1.06. The fourth-order valence-electron chi connectivity index (χ4n) is 0.392. The van der Waals surface area contributed by atoms with Gasteiger partial charge in [-0.25, -0.2) is 0 Å². The van der Waals surface area contributed by atoms with Crippen molar-refractivity contribution in [1.82, 2.24) is 0 Å². The van der Waals surface area contributed by atoms with Gasteiger partial charge in [0.05, 0.1) is 5.97 Å². The Labute approximate surface area is 130 Å². The van der Waals surface area contributed by atoms with E-state index in [4.69, 9.17) is 0 Å². The summed E-state index contributed by atoms with van der Waals surface area (Å²) in [5.74, 6) is -3.23. The summed E-state index contributed by atoms with van der Waals surface area (Å²) >= 11 is -0.234. The Morgan fingerprint density at radius 1 is 1.00 bits per heavy atom. The number of alkyl halides is 7. The number of hydrogen-bond acceptors (Lipinski definition) is 2. The number of carbonyl (C=O) groups excluding carboxylic acids is 1. The molecule has 0 atom stereocenters. The third kappa shape index (κ3) is 3.20. The monoisotopic (exact) mass is 360 g/mol. The zero-order valence-corrected chi connectivity index (χ0v) is 11.7. The summed E-state index contributed by atoms with van der Waals surface area (Å²) in [5.41, 5.74) is 0. The van der Waals surface area contributed by atoms with Crippen LogP contribution in [-0.2, 0) is 4.79 Å². The molecule has 0 fully saturated rings. The predicted octanol–water partition coefficient (Wildman–Crippen LogP) is -1.96. The van der Waals surface area contributed by atoms with Crippen molar-refractivity contribution < 1.29 is 87.6 Å². The SMILES string of the molecule is O=C([O-])C(I)(C(F)(F)F)C(F)(F)F.[K+]. The van der Waals surface area contributed by atoms with E-state index in [-0.39, 0.29) is 74.0 Å². The molecule has 2 nitrogen and oxygen atoms in total. The van der Waals surface area contributed by atoms with E-state index in [9.17, 15) is 36.2 Å². The molecule has 0 bridgehead atoms. The van der Waals surface area contributed by atoms with Gasteiger partial charge in [0.2, 0.25) is 0 Å². The van der Waals surface area contributed by atoms with Crippen molar-refractivity contribution in [1.29, 1.82) is 0 Å². The van der Waals surface area contributed by atoms with Crippen LogP contribution in [0.25, 0.3) is 0 Å². The van der Waals surface area contributed by atoms with Gasteiger partial charge in [-0.1, -0.05) is 22.6 Å². The summed E-state index contributed by atoms with van der Waals surface area (Å²) in [6, 6.07) is 0. The van der Waals surface area contributed by atoms with E-state index in [2.05, 4.69) is 0 Å². The number of aliphatic carboxylic acids is 1. The average molecular weight is 360 g/mol. The molecule has 0 aromatic carbocycles. The molecular weight excluding hydrogens is 360 g/mol. The minimum Gasteiger partial charge on any atom is -0.548 e. The van der Waals surface area contributed by atoms with Crippen LogP contribution in [0.2, 0.25) is 0 Å². The maximum atomic E-state index is 11.7. The average Bonchev–Trinajstić information content (AvgIpc) is 1.80. The van der Waals surface area contributed by atoms with Crippen LogP contribution in [0, 0.1) is 0 Å². The van der Waals surface area contributed by atoms with Gasteiger partial charge < -0.3 is 9.90 Å². The minimum absolute atomic E-state index is 0. The summed E-state index contributed by atoms with van der Waals surface area (Å²) in [7, 11) is 0. The van der Waals surface area contributed by atoms with Crippen molar-refractivity contribution in [3.8, 4) is 0 Å². The minimum atomic E-state index is -5.94. The van der Waals surface area contributed by atoms with Crippen LogP contribution < -0.4 is 56.5 Å². The largest absolute Gasteiger partial charge is 1.00 e. The van der Waals surface area contributed by atoms with Crippen LogP contribution in [0.15, 0.2) is 0 Å². The second kappa shape index (κ2) is 5.16. The fourth-order valence-corrected chi connectivity index (χ4v) is 0.392. The van der Waals surface area contributed by atoms with E-state index in [0.717, 1.165) is 0 Å². The number of hydrogen-bond donors (Lipinski definition) is 0. The summed E-state index contributed by atoms with van der Waals surface area (Å²) < 4.78 is 65.4. The number of carboxylic acid groups (broad SMARTS) is 1. The molecule has 0 radical (unpaired) electrons. The van der Waals surface area contributed by atoms with Gasteiger partial charge in [-0.2, -0.15) is 26.3 Å². The van der Waals surface area contributed by atoms with Crippen LogP contribution in [0.5, 0.6) is 0 Å². The van der Waals surface area contributed by atoms with Crippen LogP contribution in [-0.4, -0.2) is 21.7 Å². The number of carboxylic acids is 1. The Morgan fingerprint density at radius 2 is 1.21 bits per heavy atom. The van der Waals surface area contributed by atoms with E-state index in [0.29, 0.717) is 0 Å². The smallest absolute Gasteiger partial charge is 0.548 e. The molecule has 0 aromatic rings.